The van der Waals surface area contributed by atoms with E-state index in [1.165, 1.54) is 0 Å². The zero-order valence-corrected chi connectivity index (χ0v) is 10.2. The first kappa shape index (κ1) is 12.8. The number of hydrogen-bond acceptors (Lipinski definition) is 5. The molecule has 1 atom stereocenters. The SMILES string of the molecule is Cc1cccc(N2CCOCC2CO)c1[N+](=O)[O-]. The highest BCUT2D eigenvalue weighted by atomic mass is 16.6. The molecule has 1 fully saturated rings. The smallest absolute Gasteiger partial charge is 0.295 e. The van der Waals surface area contributed by atoms with E-state index in [-0.39, 0.29) is 23.3 Å². The molecule has 1 saturated heterocycles. The van der Waals surface area contributed by atoms with E-state index in [1.807, 2.05) is 4.90 Å². The van der Waals surface area contributed by atoms with Crippen molar-refractivity contribution in [3.05, 3.63) is 33.9 Å². The minimum atomic E-state index is -0.367. The third kappa shape index (κ3) is 2.30. The number of para-hydroxylation sites is 1. The van der Waals surface area contributed by atoms with Gasteiger partial charge in [-0.05, 0) is 13.0 Å². The average Bonchev–Trinajstić information content (AvgIpc) is 2.38. The van der Waals surface area contributed by atoms with Crippen molar-refractivity contribution in [1.82, 2.24) is 0 Å². The summed E-state index contributed by atoms with van der Waals surface area (Å²) in [6, 6.07) is 5.01. The van der Waals surface area contributed by atoms with Gasteiger partial charge in [0, 0.05) is 12.1 Å². The Morgan fingerprint density at radius 3 is 3.06 bits per heavy atom. The number of nitro benzene ring substituents is 1. The summed E-state index contributed by atoms with van der Waals surface area (Å²) in [4.78, 5) is 12.7. The summed E-state index contributed by atoms with van der Waals surface area (Å²) in [5.74, 6) is 0. The summed E-state index contributed by atoms with van der Waals surface area (Å²) in [6.45, 7) is 3.10. The van der Waals surface area contributed by atoms with Crippen molar-refractivity contribution in [2.75, 3.05) is 31.3 Å². The van der Waals surface area contributed by atoms with Gasteiger partial charge in [0.25, 0.3) is 5.69 Å². The van der Waals surface area contributed by atoms with Crippen molar-refractivity contribution in [1.29, 1.82) is 0 Å². The van der Waals surface area contributed by atoms with Crippen LogP contribution in [0.3, 0.4) is 0 Å². The fourth-order valence-electron chi connectivity index (χ4n) is 2.24. The summed E-state index contributed by atoms with van der Waals surface area (Å²) in [5.41, 5.74) is 1.29. The Morgan fingerprint density at radius 2 is 2.39 bits per heavy atom. The van der Waals surface area contributed by atoms with Crippen LogP contribution in [0.15, 0.2) is 18.2 Å². The highest BCUT2D eigenvalue weighted by Gasteiger charge is 2.29. The quantitative estimate of drug-likeness (QED) is 0.644. The van der Waals surface area contributed by atoms with Crippen LogP contribution in [0, 0.1) is 17.0 Å². The second kappa shape index (κ2) is 5.32. The van der Waals surface area contributed by atoms with E-state index in [4.69, 9.17) is 4.74 Å². The van der Waals surface area contributed by atoms with Gasteiger partial charge in [-0.15, -0.1) is 0 Å². The Hall–Kier alpha value is -1.66. The zero-order valence-electron chi connectivity index (χ0n) is 10.2. The number of benzene rings is 1. The molecule has 18 heavy (non-hydrogen) atoms. The summed E-state index contributed by atoms with van der Waals surface area (Å²) >= 11 is 0. The number of nitro groups is 1. The third-order valence-electron chi connectivity index (χ3n) is 3.15. The van der Waals surface area contributed by atoms with Crippen LogP contribution in [-0.2, 0) is 4.74 Å². The van der Waals surface area contributed by atoms with Crippen LogP contribution in [0.1, 0.15) is 5.56 Å². The normalized spacial score (nSPS) is 19.9. The summed E-state index contributed by atoms with van der Waals surface area (Å²) in [7, 11) is 0. The van der Waals surface area contributed by atoms with Crippen molar-refractivity contribution in [2.24, 2.45) is 0 Å². The van der Waals surface area contributed by atoms with E-state index < -0.39 is 0 Å². The van der Waals surface area contributed by atoms with E-state index in [9.17, 15) is 15.2 Å². The van der Waals surface area contributed by atoms with Crippen molar-refractivity contribution in [3.63, 3.8) is 0 Å². The molecule has 1 heterocycles. The minimum Gasteiger partial charge on any atom is -0.394 e. The van der Waals surface area contributed by atoms with Crippen molar-refractivity contribution in [2.45, 2.75) is 13.0 Å². The van der Waals surface area contributed by atoms with Gasteiger partial charge in [-0.1, -0.05) is 12.1 Å². The molecular weight excluding hydrogens is 236 g/mol. The van der Waals surface area contributed by atoms with Gasteiger partial charge in [0.15, 0.2) is 0 Å². The maximum Gasteiger partial charge on any atom is 0.295 e. The van der Waals surface area contributed by atoms with E-state index in [0.29, 0.717) is 31.0 Å². The molecule has 1 N–H and O–H groups in total. The zero-order chi connectivity index (χ0) is 13.1. The number of aliphatic hydroxyl groups excluding tert-OH is 1. The second-order valence-corrected chi connectivity index (χ2v) is 4.30. The molecule has 6 heteroatoms. The van der Waals surface area contributed by atoms with E-state index in [1.54, 1.807) is 25.1 Å². The van der Waals surface area contributed by atoms with Gasteiger partial charge >= 0.3 is 0 Å². The molecular formula is C12H16N2O4. The Balaban J connectivity index is 2.42. The minimum absolute atomic E-state index is 0.0783. The van der Waals surface area contributed by atoms with Crippen molar-refractivity contribution < 1.29 is 14.8 Å². The molecule has 2 rings (SSSR count). The molecule has 0 aromatic heterocycles. The van der Waals surface area contributed by atoms with Crippen LogP contribution < -0.4 is 4.90 Å². The molecule has 98 valence electrons. The number of aliphatic hydroxyl groups is 1. The Morgan fingerprint density at radius 1 is 1.61 bits per heavy atom. The van der Waals surface area contributed by atoms with Gasteiger partial charge in [0.05, 0.1) is 30.8 Å². The standard InChI is InChI=1S/C12H16N2O4/c1-9-3-2-4-11(12(9)14(16)17)13-5-6-18-8-10(13)7-15/h2-4,10,15H,5-8H2,1H3. The number of anilines is 1. The van der Waals surface area contributed by atoms with E-state index >= 15 is 0 Å². The topological polar surface area (TPSA) is 75.8 Å². The number of hydrogen-bond donors (Lipinski definition) is 1. The fraction of sp³-hybridized carbons (Fsp3) is 0.500. The monoisotopic (exact) mass is 252 g/mol. The van der Waals surface area contributed by atoms with Gasteiger partial charge < -0.3 is 14.7 Å². The Labute approximate surface area is 105 Å². The maximum absolute atomic E-state index is 11.2. The van der Waals surface area contributed by atoms with Crippen LogP contribution in [0.25, 0.3) is 0 Å². The van der Waals surface area contributed by atoms with E-state index in [0.717, 1.165) is 0 Å². The Kier molecular flexibility index (Phi) is 3.78. The van der Waals surface area contributed by atoms with E-state index in [2.05, 4.69) is 0 Å². The lowest BCUT2D eigenvalue weighted by molar-refractivity contribution is -0.384. The number of morpholine rings is 1. The molecule has 0 bridgehead atoms. The van der Waals surface area contributed by atoms with Crippen LogP contribution in [0.4, 0.5) is 11.4 Å². The maximum atomic E-state index is 11.2. The first-order chi connectivity index (χ1) is 8.65. The summed E-state index contributed by atoms with van der Waals surface area (Å²) in [5, 5.41) is 20.5. The van der Waals surface area contributed by atoms with Gasteiger partial charge in [-0.25, -0.2) is 0 Å². The predicted octanol–water partition coefficient (Wildman–Crippen LogP) is 1.10. The molecule has 1 aromatic carbocycles. The van der Waals surface area contributed by atoms with Gasteiger partial charge in [0.1, 0.15) is 5.69 Å². The molecule has 1 aliphatic heterocycles. The first-order valence-electron chi connectivity index (χ1n) is 5.84. The highest BCUT2D eigenvalue weighted by Crippen LogP contribution is 2.33. The van der Waals surface area contributed by atoms with Crippen LogP contribution in [-0.4, -0.2) is 42.4 Å². The predicted molar refractivity (Wildman–Crippen MR) is 66.9 cm³/mol. The number of aryl methyl sites for hydroxylation is 1. The molecule has 1 aromatic rings. The summed E-state index contributed by atoms with van der Waals surface area (Å²) in [6.07, 6.45) is 0. The number of ether oxygens (including phenoxy) is 1. The average molecular weight is 252 g/mol. The molecule has 6 nitrogen and oxygen atoms in total. The fourth-order valence-corrected chi connectivity index (χ4v) is 2.24. The van der Waals surface area contributed by atoms with Crippen LogP contribution in [0.2, 0.25) is 0 Å². The highest BCUT2D eigenvalue weighted by molar-refractivity contribution is 5.67. The van der Waals surface area contributed by atoms with Crippen molar-refractivity contribution in [3.8, 4) is 0 Å². The number of rotatable bonds is 3. The summed E-state index contributed by atoms with van der Waals surface area (Å²) < 4.78 is 5.28. The first-order valence-corrected chi connectivity index (χ1v) is 5.84. The second-order valence-electron chi connectivity index (χ2n) is 4.30. The lowest BCUT2D eigenvalue weighted by Gasteiger charge is -2.36. The molecule has 0 spiro atoms. The molecule has 0 amide bonds. The van der Waals surface area contributed by atoms with Crippen molar-refractivity contribution >= 4 is 11.4 Å². The molecule has 1 aliphatic rings. The van der Waals surface area contributed by atoms with Gasteiger partial charge in [-0.2, -0.15) is 0 Å². The van der Waals surface area contributed by atoms with Crippen LogP contribution in [0.5, 0.6) is 0 Å². The molecule has 0 saturated carbocycles. The van der Waals surface area contributed by atoms with Gasteiger partial charge in [0.2, 0.25) is 0 Å². The Bertz CT molecular complexity index is 450. The lowest BCUT2D eigenvalue weighted by atomic mass is 10.1. The third-order valence-corrected chi connectivity index (χ3v) is 3.15. The van der Waals surface area contributed by atoms with Gasteiger partial charge in [-0.3, -0.25) is 10.1 Å². The number of nitrogens with zero attached hydrogens (tertiary/aromatic N) is 2. The molecule has 1 unspecified atom stereocenters. The van der Waals surface area contributed by atoms with Crippen LogP contribution >= 0.6 is 0 Å². The largest absolute Gasteiger partial charge is 0.394 e. The molecule has 0 radical (unpaired) electrons. The lowest BCUT2D eigenvalue weighted by Crippen LogP contribution is -2.47. The molecule has 0 aliphatic carbocycles.